The molecule has 0 aliphatic carbocycles. The van der Waals surface area contributed by atoms with Gasteiger partial charge in [-0.25, -0.2) is 4.79 Å². The highest BCUT2D eigenvalue weighted by Gasteiger charge is 2.64. The third-order valence-corrected chi connectivity index (χ3v) is 3.73. The molecule has 1 aromatic carbocycles. The van der Waals surface area contributed by atoms with Crippen molar-refractivity contribution in [2.24, 2.45) is 5.10 Å². The first-order valence-electron chi connectivity index (χ1n) is 6.74. The van der Waals surface area contributed by atoms with Gasteiger partial charge in [-0.15, -0.1) is 0 Å². The normalized spacial score (nSPS) is 20.8. The van der Waals surface area contributed by atoms with Crippen molar-refractivity contribution in [3.63, 3.8) is 0 Å². The fourth-order valence-electron chi connectivity index (χ4n) is 2.09. The molecule has 1 aliphatic rings. The Morgan fingerprint density at radius 3 is 2.67 bits per heavy atom. The van der Waals surface area contributed by atoms with Crippen molar-refractivity contribution < 1.29 is 32.6 Å². The van der Waals surface area contributed by atoms with Gasteiger partial charge in [0.1, 0.15) is 0 Å². The maximum atomic E-state index is 13.3. The first-order chi connectivity index (χ1) is 11.1. The summed E-state index contributed by atoms with van der Waals surface area (Å²) in [6.45, 7) is 1.19. The average molecular weight is 409 g/mol. The summed E-state index contributed by atoms with van der Waals surface area (Å²) >= 11 is 3.17. The van der Waals surface area contributed by atoms with Gasteiger partial charge in [0.15, 0.2) is 0 Å². The van der Waals surface area contributed by atoms with Gasteiger partial charge < -0.3 is 9.84 Å². The summed E-state index contributed by atoms with van der Waals surface area (Å²) in [7, 11) is 0. The molecule has 0 saturated carbocycles. The number of rotatable bonds is 2. The van der Waals surface area contributed by atoms with E-state index in [2.05, 4.69) is 25.8 Å². The molecule has 1 aromatic rings. The van der Waals surface area contributed by atoms with Crippen LogP contribution in [0, 0.1) is 0 Å². The first-order valence-corrected chi connectivity index (χ1v) is 7.53. The number of hydrogen-bond donors (Lipinski definition) is 1. The summed E-state index contributed by atoms with van der Waals surface area (Å²) in [5.41, 5.74) is -3.53. The summed E-state index contributed by atoms with van der Waals surface area (Å²) in [4.78, 5) is 23.4. The SMILES string of the molecule is CCOC(=O)C(=O)N1N=C(c2cccc(Br)c2)C[C@]1(O)C(F)(F)F. The maximum absolute atomic E-state index is 13.3. The van der Waals surface area contributed by atoms with Gasteiger partial charge in [0.25, 0.3) is 5.72 Å². The fraction of sp³-hybridized carbons (Fsp3) is 0.357. The largest absolute Gasteiger partial charge is 0.459 e. The zero-order valence-corrected chi connectivity index (χ0v) is 13.9. The van der Waals surface area contributed by atoms with Crippen molar-refractivity contribution in [3.05, 3.63) is 34.3 Å². The molecular formula is C14H12BrF3N2O4. The predicted octanol–water partition coefficient (Wildman–Crippen LogP) is 2.20. The Balaban J connectivity index is 2.45. The number of benzene rings is 1. The zero-order chi connectivity index (χ0) is 18.1. The number of alkyl halides is 3. The van der Waals surface area contributed by atoms with Gasteiger partial charge in [-0.3, -0.25) is 4.79 Å². The van der Waals surface area contributed by atoms with Gasteiger partial charge in [-0.1, -0.05) is 28.1 Å². The zero-order valence-electron chi connectivity index (χ0n) is 12.3. The molecule has 0 unspecified atom stereocenters. The standard InChI is InChI=1S/C14H12BrF3N2O4/c1-2-24-12(22)11(21)20-13(23,14(16,17)18)7-10(19-20)8-4-3-5-9(15)6-8/h3-6,23H,2,7H2,1H3/t13-/m0/s1. The van der Waals surface area contributed by atoms with Gasteiger partial charge in [0.2, 0.25) is 0 Å². The van der Waals surface area contributed by atoms with Crippen LogP contribution in [0.3, 0.4) is 0 Å². The summed E-state index contributed by atoms with van der Waals surface area (Å²) in [5.74, 6) is -3.22. The van der Waals surface area contributed by atoms with Crippen molar-refractivity contribution in [2.75, 3.05) is 6.61 Å². The lowest BCUT2D eigenvalue weighted by molar-refractivity contribution is -0.302. The molecule has 0 bridgehead atoms. The summed E-state index contributed by atoms with van der Waals surface area (Å²) in [6.07, 6.45) is -6.22. The monoisotopic (exact) mass is 408 g/mol. The highest BCUT2D eigenvalue weighted by Crippen LogP contribution is 2.41. The van der Waals surface area contributed by atoms with Crippen LogP contribution in [0.25, 0.3) is 0 Å². The number of nitrogens with zero attached hydrogens (tertiary/aromatic N) is 2. The molecule has 0 saturated heterocycles. The Bertz CT molecular complexity index is 708. The topological polar surface area (TPSA) is 79.2 Å². The lowest BCUT2D eigenvalue weighted by Gasteiger charge is -2.31. The molecule has 1 amide bonds. The van der Waals surface area contributed by atoms with Crippen LogP contribution < -0.4 is 0 Å². The van der Waals surface area contributed by atoms with E-state index in [-0.39, 0.29) is 22.9 Å². The van der Waals surface area contributed by atoms with Crippen LogP contribution in [0.5, 0.6) is 0 Å². The van der Waals surface area contributed by atoms with Gasteiger partial charge in [0, 0.05) is 4.47 Å². The molecule has 10 heteroatoms. The second-order valence-corrected chi connectivity index (χ2v) is 5.80. The van der Waals surface area contributed by atoms with Crippen LogP contribution in [0.4, 0.5) is 13.2 Å². The molecule has 0 spiro atoms. The van der Waals surface area contributed by atoms with Gasteiger partial charge in [-0.2, -0.15) is 23.3 Å². The number of carbonyl (C=O) groups excluding carboxylic acids is 2. The number of carbonyl (C=O) groups is 2. The van der Waals surface area contributed by atoms with Crippen molar-refractivity contribution in [3.8, 4) is 0 Å². The number of hydrogen-bond acceptors (Lipinski definition) is 5. The molecular weight excluding hydrogens is 397 g/mol. The van der Waals surface area contributed by atoms with Crippen LogP contribution in [0.1, 0.15) is 18.9 Å². The number of aliphatic hydroxyl groups is 1. The van der Waals surface area contributed by atoms with E-state index < -0.39 is 30.2 Å². The number of halogens is 4. The van der Waals surface area contributed by atoms with Crippen LogP contribution in [0.15, 0.2) is 33.8 Å². The Morgan fingerprint density at radius 1 is 1.46 bits per heavy atom. The van der Waals surface area contributed by atoms with Gasteiger partial charge in [-0.05, 0) is 24.6 Å². The average Bonchev–Trinajstić information content (AvgIpc) is 2.86. The van der Waals surface area contributed by atoms with E-state index in [1.54, 1.807) is 12.1 Å². The summed E-state index contributed by atoms with van der Waals surface area (Å²) < 4.78 is 44.9. The van der Waals surface area contributed by atoms with Crippen molar-refractivity contribution in [1.29, 1.82) is 0 Å². The summed E-state index contributed by atoms with van der Waals surface area (Å²) in [6, 6.07) is 6.16. The van der Waals surface area contributed by atoms with E-state index in [0.717, 1.165) is 0 Å². The van der Waals surface area contributed by atoms with E-state index in [1.165, 1.54) is 19.1 Å². The molecule has 2 rings (SSSR count). The Kier molecular flexibility index (Phi) is 5.00. The second kappa shape index (κ2) is 6.52. The molecule has 1 heterocycles. The quantitative estimate of drug-likeness (QED) is 0.600. The maximum Gasteiger partial charge on any atom is 0.438 e. The fourth-order valence-corrected chi connectivity index (χ4v) is 2.49. The minimum atomic E-state index is -5.22. The van der Waals surface area contributed by atoms with E-state index in [1.807, 2.05) is 0 Å². The second-order valence-electron chi connectivity index (χ2n) is 4.89. The van der Waals surface area contributed by atoms with Crippen molar-refractivity contribution >= 4 is 33.5 Å². The molecule has 0 aromatic heterocycles. The molecule has 24 heavy (non-hydrogen) atoms. The van der Waals surface area contributed by atoms with E-state index >= 15 is 0 Å². The molecule has 1 N–H and O–H groups in total. The molecule has 0 radical (unpaired) electrons. The Labute approximate surface area is 143 Å². The van der Waals surface area contributed by atoms with Crippen LogP contribution in [-0.4, -0.2) is 46.2 Å². The van der Waals surface area contributed by atoms with Crippen molar-refractivity contribution in [1.82, 2.24) is 5.01 Å². The number of esters is 1. The number of ether oxygens (including phenoxy) is 1. The molecule has 1 aliphatic heterocycles. The van der Waals surface area contributed by atoms with Crippen LogP contribution in [0.2, 0.25) is 0 Å². The first kappa shape index (κ1) is 18.4. The third-order valence-electron chi connectivity index (χ3n) is 3.24. The van der Waals surface area contributed by atoms with Crippen LogP contribution in [-0.2, 0) is 14.3 Å². The van der Waals surface area contributed by atoms with E-state index in [4.69, 9.17) is 0 Å². The molecule has 6 nitrogen and oxygen atoms in total. The smallest absolute Gasteiger partial charge is 0.438 e. The Hall–Kier alpha value is -1.94. The highest BCUT2D eigenvalue weighted by molar-refractivity contribution is 9.10. The lowest BCUT2D eigenvalue weighted by Crippen LogP contribution is -2.58. The van der Waals surface area contributed by atoms with Crippen molar-refractivity contribution in [2.45, 2.75) is 25.2 Å². The van der Waals surface area contributed by atoms with Crippen LogP contribution >= 0.6 is 15.9 Å². The molecule has 130 valence electrons. The lowest BCUT2D eigenvalue weighted by atomic mass is 10.0. The minimum absolute atomic E-state index is 0.186. The van der Waals surface area contributed by atoms with E-state index in [9.17, 15) is 27.9 Å². The van der Waals surface area contributed by atoms with E-state index in [0.29, 0.717) is 4.47 Å². The third kappa shape index (κ3) is 3.29. The number of hydrazone groups is 1. The Morgan fingerprint density at radius 2 is 2.12 bits per heavy atom. The predicted molar refractivity (Wildman–Crippen MR) is 79.8 cm³/mol. The minimum Gasteiger partial charge on any atom is -0.459 e. The summed E-state index contributed by atoms with van der Waals surface area (Å²) in [5, 5.41) is 13.3. The molecule has 0 fully saturated rings. The van der Waals surface area contributed by atoms with Gasteiger partial charge >= 0.3 is 18.1 Å². The molecule has 1 atom stereocenters. The number of amides is 1. The van der Waals surface area contributed by atoms with Gasteiger partial charge in [0.05, 0.1) is 18.7 Å². The highest BCUT2D eigenvalue weighted by atomic mass is 79.9.